The zero-order valence-corrected chi connectivity index (χ0v) is 14.7. The smallest absolute Gasteiger partial charge is 0.253 e. The van der Waals surface area contributed by atoms with Gasteiger partial charge in [0.2, 0.25) is 0 Å². The fourth-order valence-corrected chi connectivity index (χ4v) is 3.66. The first kappa shape index (κ1) is 16.8. The van der Waals surface area contributed by atoms with E-state index in [0.29, 0.717) is 0 Å². The second kappa shape index (κ2) is 6.81. The van der Waals surface area contributed by atoms with Gasteiger partial charge in [0, 0.05) is 23.1 Å². The highest BCUT2D eigenvalue weighted by Gasteiger charge is 2.23. The number of nitrogens with zero attached hydrogens (tertiary/aromatic N) is 1. The van der Waals surface area contributed by atoms with Crippen molar-refractivity contribution in [2.24, 2.45) is 0 Å². The Morgan fingerprint density at radius 2 is 1.79 bits per heavy atom. The van der Waals surface area contributed by atoms with Gasteiger partial charge in [-0.05, 0) is 64.2 Å². The molecular weight excluding hydrogens is 300 g/mol. The number of amides is 1. The second-order valence-corrected chi connectivity index (χ2v) is 6.89. The number of aliphatic hydroxyl groups excluding tert-OH is 1. The molecule has 1 heterocycles. The zero-order valence-electron chi connectivity index (χ0n) is 14.7. The van der Waals surface area contributed by atoms with Crippen molar-refractivity contribution in [1.29, 1.82) is 0 Å². The highest BCUT2D eigenvalue weighted by atomic mass is 16.3. The van der Waals surface area contributed by atoms with E-state index in [-0.39, 0.29) is 18.1 Å². The van der Waals surface area contributed by atoms with E-state index >= 15 is 0 Å². The van der Waals surface area contributed by atoms with Crippen molar-refractivity contribution in [1.82, 2.24) is 9.88 Å². The topological polar surface area (TPSA) is 54.3 Å². The van der Waals surface area contributed by atoms with Crippen molar-refractivity contribution >= 4 is 5.91 Å². The van der Waals surface area contributed by atoms with Crippen LogP contribution < -0.4 is 5.32 Å². The number of nitrogens with one attached hydrogen (secondary N) is 1. The van der Waals surface area contributed by atoms with Gasteiger partial charge in [0.15, 0.2) is 0 Å². The van der Waals surface area contributed by atoms with E-state index in [1.54, 1.807) is 0 Å². The summed E-state index contributed by atoms with van der Waals surface area (Å²) in [5.41, 5.74) is 5.07. The molecule has 0 aliphatic heterocycles. The molecule has 1 amide bonds. The minimum absolute atomic E-state index is 0.00989. The highest BCUT2D eigenvalue weighted by Crippen LogP contribution is 2.24. The van der Waals surface area contributed by atoms with Gasteiger partial charge in [0.05, 0.1) is 11.7 Å². The molecule has 2 N–H and O–H groups in total. The average molecular weight is 326 g/mol. The number of carbonyl (C=O) groups excluding carboxylic acids is 1. The Balaban J connectivity index is 1.84. The number of carbonyl (C=O) groups is 1. The molecule has 4 nitrogen and oxygen atoms in total. The molecule has 1 fully saturated rings. The molecule has 24 heavy (non-hydrogen) atoms. The minimum atomic E-state index is -0.204. The number of aliphatic hydroxyl groups is 1. The molecular formula is C20H26N2O2. The van der Waals surface area contributed by atoms with Crippen LogP contribution in [0.25, 0.3) is 5.69 Å². The lowest BCUT2D eigenvalue weighted by Gasteiger charge is -2.26. The Morgan fingerprint density at radius 1 is 1.12 bits per heavy atom. The summed E-state index contributed by atoms with van der Waals surface area (Å²) in [6.07, 6.45) is 3.04. The number of aromatic nitrogens is 1. The second-order valence-electron chi connectivity index (χ2n) is 6.89. The number of hydrogen-bond acceptors (Lipinski definition) is 2. The Morgan fingerprint density at radius 3 is 2.46 bits per heavy atom. The van der Waals surface area contributed by atoms with Gasteiger partial charge in [-0.25, -0.2) is 0 Å². The number of benzene rings is 1. The van der Waals surface area contributed by atoms with Gasteiger partial charge in [-0.1, -0.05) is 18.2 Å². The molecule has 0 atom stereocenters. The summed E-state index contributed by atoms with van der Waals surface area (Å²) >= 11 is 0. The highest BCUT2D eigenvalue weighted by molar-refractivity contribution is 5.96. The molecule has 0 unspecified atom stereocenters. The number of rotatable bonds is 3. The first-order valence-electron chi connectivity index (χ1n) is 8.71. The normalized spacial score (nSPS) is 20.8. The molecule has 0 saturated heterocycles. The summed E-state index contributed by atoms with van der Waals surface area (Å²) < 4.78 is 2.15. The quantitative estimate of drug-likeness (QED) is 0.908. The predicted molar refractivity (Wildman–Crippen MR) is 95.7 cm³/mol. The lowest BCUT2D eigenvalue weighted by molar-refractivity contribution is 0.0867. The molecule has 0 radical (unpaired) electrons. The van der Waals surface area contributed by atoms with Crippen molar-refractivity contribution in [3.8, 4) is 5.69 Å². The maximum Gasteiger partial charge on any atom is 0.253 e. The van der Waals surface area contributed by atoms with Crippen LogP contribution in [0.1, 0.15) is 53.0 Å². The summed E-state index contributed by atoms with van der Waals surface area (Å²) in [6, 6.07) is 10.4. The van der Waals surface area contributed by atoms with Gasteiger partial charge in [0.25, 0.3) is 5.91 Å². The third-order valence-corrected chi connectivity index (χ3v) is 5.06. The summed E-state index contributed by atoms with van der Waals surface area (Å²) in [5, 5.41) is 12.7. The molecule has 1 aromatic heterocycles. The molecule has 4 heteroatoms. The predicted octanol–water partition coefficient (Wildman–Crippen LogP) is 3.44. The van der Waals surface area contributed by atoms with Gasteiger partial charge in [0.1, 0.15) is 0 Å². The Hall–Kier alpha value is -2.07. The third-order valence-electron chi connectivity index (χ3n) is 5.06. The molecule has 0 spiro atoms. The van der Waals surface area contributed by atoms with E-state index < -0.39 is 0 Å². The lowest BCUT2D eigenvalue weighted by atomic mass is 9.93. The third kappa shape index (κ3) is 3.24. The van der Waals surface area contributed by atoms with Crippen molar-refractivity contribution in [2.45, 2.75) is 58.6 Å². The van der Waals surface area contributed by atoms with E-state index in [4.69, 9.17) is 0 Å². The van der Waals surface area contributed by atoms with E-state index in [1.807, 2.05) is 32.0 Å². The molecule has 2 aromatic rings. The molecule has 0 bridgehead atoms. The van der Waals surface area contributed by atoms with Gasteiger partial charge in [-0.2, -0.15) is 0 Å². The van der Waals surface area contributed by atoms with Gasteiger partial charge in [-0.3, -0.25) is 4.79 Å². The average Bonchev–Trinajstić information content (AvgIpc) is 2.85. The van der Waals surface area contributed by atoms with Crippen LogP contribution in [0, 0.1) is 20.8 Å². The van der Waals surface area contributed by atoms with Crippen LogP contribution in [0.2, 0.25) is 0 Å². The van der Waals surface area contributed by atoms with Crippen LogP contribution in [0.5, 0.6) is 0 Å². The number of hydrogen-bond donors (Lipinski definition) is 2. The first-order valence-corrected chi connectivity index (χ1v) is 8.71. The Bertz CT molecular complexity index is 740. The molecule has 1 saturated carbocycles. The zero-order chi connectivity index (χ0) is 17.3. The molecule has 1 aromatic carbocycles. The van der Waals surface area contributed by atoms with Gasteiger partial charge >= 0.3 is 0 Å². The summed E-state index contributed by atoms with van der Waals surface area (Å²) in [6.45, 7) is 6.12. The van der Waals surface area contributed by atoms with Gasteiger partial charge < -0.3 is 15.0 Å². The van der Waals surface area contributed by atoms with Crippen LogP contribution in [-0.4, -0.2) is 27.7 Å². The monoisotopic (exact) mass is 326 g/mol. The van der Waals surface area contributed by atoms with E-state index in [9.17, 15) is 9.90 Å². The van der Waals surface area contributed by atoms with Crippen molar-refractivity contribution in [3.63, 3.8) is 0 Å². The van der Waals surface area contributed by atoms with Crippen LogP contribution in [0.15, 0.2) is 30.3 Å². The fraction of sp³-hybridized carbons (Fsp3) is 0.450. The molecule has 1 aliphatic carbocycles. The largest absolute Gasteiger partial charge is 0.393 e. The molecule has 128 valence electrons. The lowest BCUT2D eigenvalue weighted by Crippen LogP contribution is -2.38. The van der Waals surface area contributed by atoms with Crippen molar-refractivity contribution < 1.29 is 9.90 Å². The molecule has 1 aliphatic rings. The Labute approximate surface area is 143 Å². The first-order chi connectivity index (χ1) is 11.5. The maximum absolute atomic E-state index is 12.7. The van der Waals surface area contributed by atoms with Gasteiger partial charge in [-0.15, -0.1) is 0 Å². The minimum Gasteiger partial charge on any atom is -0.393 e. The van der Waals surface area contributed by atoms with Crippen LogP contribution in [-0.2, 0) is 0 Å². The van der Waals surface area contributed by atoms with E-state index in [2.05, 4.69) is 28.9 Å². The maximum atomic E-state index is 12.7. The molecule has 3 rings (SSSR count). The van der Waals surface area contributed by atoms with Crippen molar-refractivity contribution in [2.75, 3.05) is 0 Å². The van der Waals surface area contributed by atoms with E-state index in [0.717, 1.165) is 48.3 Å². The van der Waals surface area contributed by atoms with Crippen molar-refractivity contribution in [3.05, 3.63) is 52.8 Å². The SMILES string of the molecule is Cc1ccccc1-n1c(C)cc(C(=O)NC2CCC(O)CC2)c1C. The summed E-state index contributed by atoms with van der Waals surface area (Å²) in [5.74, 6) is -0.00989. The standard InChI is InChI=1S/C20H26N2O2/c1-13-6-4-5-7-19(13)22-14(2)12-18(15(22)3)20(24)21-16-8-10-17(23)11-9-16/h4-7,12,16-17,23H,8-11H2,1-3H3,(H,21,24). The summed E-state index contributed by atoms with van der Waals surface area (Å²) in [4.78, 5) is 12.7. The Kier molecular flexibility index (Phi) is 4.76. The number of aryl methyl sites for hydroxylation is 2. The van der Waals surface area contributed by atoms with Crippen LogP contribution >= 0.6 is 0 Å². The number of para-hydroxylation sites is 1. The fourth-order valence-electron chi connectivity index (χ4n) is 3.66. The summed E-state index contributed by atoms with van der Waals surface area (Å²) in [7, 11) is 0. The van der Waals surface area contributed by atoms with E-state index in [1.165, 1.54) is 5.56 Å². The van der Waals surface area contributed by atoms with Crippen LogP contribution in [0.4, 0.5) is 0 Å². The van der Waals surface area contributed by atoms with Crippen LogP contribution in [0.3, 0.4) is 0 Å².